The molecule has 0 saturated carbocycles. The van der Waals surface area contributed by atoms with E-state index < -0.39 is 11.2 Å². The first kappa shape index (κ1) is 24.8. The number of hydrogen-bond donors (Lipinski definition) is 4. The largest absolute Gasteiger partial charge is 0.508 e. The van der Waals surface area contributed by atoms with E-state index in [-0.39, 0.29) is 37.1 Å². The van der Waals surface area contributed by atoms with Crippen LogP contribution in [0, 0.1) is 11.2 Å². The molecular formula is C29H31FN4O4. The van der Waals surface area contributed by atoms with Gasteiger partial charge >= 0.3 is 6.01 Å². The highest BCUT2D eigenvalue weighted by Gasteiger charge is 2.34. The fourth-order valence-electron chi connectivity index (χ4n) is 5.51. The number of aliphatic hydroxyl groups excluding tert-OH is 2. The van der Waals surface area contributed by atoms with Crippen molar-refractivity contribution in [1.29, 1.82) is 0 Å². The molecule has 4 N–H and O–H groups in total. The number of fused-ring (bicyclic) bond motifs is 4. The number of anilines is 1. The lowest BCUT2D eigenvalue weighted by Crippen LogP contribution is -2.51. The SMILES string of the molecule is CC(CO)(CO)COc1nc(N2C[C@H]3CC[C@@H](C2)N3)c2ccc(-c3cc(O)cc4ccccc34)c(F)c2n1. The first-order valence-corrected chi connectivity index (χ1v) is 13.0. The molecule has 0 amide bonds. The monoisotopic (exact) mass is 518 g/mol. The van der Waals surface area contributed by atoms with Crippen LogP contribution in [0.2, 0.25) is 0 Å². The van der Waals surface area contributed by atoms with Crippen molar-refractivity contribution in [3.05, 3.63) is 54.3 Å². The molecule has 2 saturated heterocycles. The summed E-state index contributed by atoms with van der Waals surface area (Å²) in [5.41, 5.74) is 0.107. The molecule has 2 aliphatic heterocycles. The summed E-state index contributed by atoms with van der Waals surface area (Å²) in [6, 6.07) is 15.0. The fourth-order valence-corrected chi connectivity index (χ4v) is 5.51. The summed E-state index contributed by atoms with van der Waals surface area (Å²) in [5, 5.41) is 35.6. The molecule has 0 radical (unpaired) electrons. The third-order valence-corrected chi connectivity index (χ3v) is 7.73. The Bertz CT molecular complexity index is 1500. The molecule has 2 aliphatic rings. The van der Waals surface area contributed by atoms with E-state index in [0.29, 0.717) is 34.4 Å². The van der Waals surface area contributed by atoms with E-state index in [1.54, 1.807) is 25.1 Å². The highest BCUT2D eigenvalue weighted by atomic mass is 19.1. The zero-order chi connectivity index (χ0) is 26.4. The standard InChI is InChI=1S/C29H31FN4O4/c1-29(14-35,15-36)16-38-28-32-26-23(27(33-28)34-12-18-6-7-19(13-34)31-18)9-8-22(25(26)30)24-11-20(37)10-17-4-2-3-5-21(17)24/h2-5,8-11,18-19,31,35-37H,6-7,12-16H2,1H3/t18-,19+. The van der Waals surface area contributed by atoms with Crippen molar-refractivity contribution in [3.8, 4) is 22.9 Å². The number of nitrogens with one attached hydrogen (secondary N) is 1. The molecule has 198 valence electrons. The number of aromatic hydroxyl groups is 1. The topological polar surface area (TPSA) is 111 Å². The number of benzene rings is 3. The maximum Gasteiger partial charge on any atom is 0.319 e. The second-order valence-electron chi connectivity index (χ2n) is 10.8. The minimum Gasteiger partial charge on any atom is -0.508 e. The van der Waals surface area contributed by atoms with Crippen LogP contribution in [0.1, 0.15) is 19.8 Å². The molecule has 8 nitrogen and oxygen atoms in total. The number of piperazine rings is 1. The van der Waals surface area contributed by atoms with E-state index >= 15 is 4.39 Å². The zero-order valence-corrected chi connectivity index (χ0v) is 21.2. The second kappa shape index (κ2) is 9.65. The summed E-state index contributed by atoms with van der Waals surface area (Å²) in [4.78, 5) is 11.3. The molecule has 2 bridgehead atoms. The normalized spacial score (nSPS) is 19.4. The summed E-state index contributed by atoms with van der Waals surface area (Å²) < 4.78 is 22.2. The van der Waals surface area contributed by atoms with Crippen molar-refractivity contribution in [2.45, 2.75) is 31.8 Å². The van der Waals surface area contributed by atoms with Gasteiger partial charge in [0.2, 0.25) is 0 Å². The molecule has 2 atom stereocenters. The minimum atomic E-state index is -0.895. The van der Waals surface area contributed by atoms with E-state index in [1.807, 2.05) is 30.3 Å². The molecule has 1 aromatic heterocycles. The van der Waals surface area contributed by atoms with Crippen LogP contribution in [0.25, 0.3) is 32.8 Å². The predicted octanol–water partition coefficient (Wildman–Crippen LogP) is 3.61. The molecule has 3 heterocycles. The molecule has 0 unspecified atom stereocenters. The smallest absolute Gasteiger partial charge is 0.319 e. The number of halogens is 1. The Kier molecular flexibility index (Phi) is 6.29. The average Bonchev–Trinajstić information content (AvgIpc) is 3.28. The van der Waals surface area contributed by atoms with Gasteiger partial charge in [0.05, 0.1) is 13.2 Å². The molecule has 6 rings (SSSR count). The number of aliphatic hydroxyl groups is 2. The van der Waals surface area contributed by atoms with E-state index in [1.165, 1.54) is 0 Å². The number of aromatic nitrogens is 2. The van der Waals surface area contributed by atoms with Crippen molar-refractivity contribution in [3.63, 3.8) is 0 Å². The summed E-state index contributed by atoms with van der Waals surface area (Å²) in [6.07, 6.45) is 2.17. The van der Waals surface area contributed by atoms with E-state index in [9.17, 15) is 15.3 Å². The number of rotatable bonds is 7. The quantitative estimate of drug-likeness (QED) is 0.294. The van der Waals surface area contributed by atoms with Gasteiger partial charge in [-0.15, -0.1) is 0 Å². The Labute approximate surface area is 219 Å². The second-order valence-corrected chi connectivity index (χ2v) is 10.8. The molecular weight excluding hydrogens is 487 g/mol. The van der Waals surface area contributed by atoms with Crippen LogP contribution < -0.4 is 15.0 Å². The van der Waals surface area contributed by atoms with Gasteiger partial charge in [0, 0.05) is 41.5 Å². The van der Waals surface area contributed by atoms with Gasteiger partial charge < -0.3 is 30.3 Å². The van der Waals surface area contributed by atoms with Gasteiger partial charge in [-0.1, -0.05) is 37.3 Å². The molecule has 3 aromatic carbocycles. The Balaban J connectivity index is 1.50. The van der Waals surface area contributed by atoms with Gasteiger partial charge in [0.25, 0.3) is 0 Å². The first-order valence-electron chi connectivity index (χ1n) is 13.0. The minimum absolute atomic E-state index is 0.0108. The maximum atomic E-state index is 16.4. The van der Waals surface area contributed by atoms with Crippen LogP contribution in [0.5, 0.6) is 11.8 Å². The van der Waals surface area contributed by atoms with Crippen LogP contribution in [-0.4, -0.2) is 70.3 Å². The van der Waals surface area contributed by atoms with Gasteiger partial charge in [-0.2, -0.15) is 9.97 Å². The van der Waals surface area contributed by atoms with Gasteiger partial charge in [-0.25, -0.2) is 4.39 Å². The van der Waals surface area contributed by atoms with Crippen LogP contribution in [-0.2, 0) is 0 Å². The Hall–Kier alpha value is -3.53. The lowest BCUT2D eigenvalue weighted by molar-refractivity contribution is 0.0259. The average molecular weight is 519 g/mol. The number of phenols is 1. The Morgan fingerprint density at radius 1 is 1.00 bits per heavy atom. The number of phenolic OH excluding ortho intramolecular Hbond substituents is 1. The Morgan fingerprint density at radius 3 is 2.47 bits per heavy atom. The van der Waals surface area contributed by atoms with Gasteiger partial charge in [-0.05, 0) is 47.4 Å². The lowest BCUT2D eigenvalue weighted by atomic mass is 9.95. The van der Waals surface area contributed by atoms with E-state index in [0.717, 1.165) is 36.7 Å². The zero-order valence-electron chi connectivity index (χ0n) is 21.2. The summed E-state index contributed by atoms with van der Waals surface area (Å²) >= 11 is 0. The van der Waals surface area contributed by atoms with Crippen LogP contribution in [0.3, 0.4) is 0 Å². The summed E-state index contributed by atoms with van der Waals surface area (Å²) in [5.74, 6) is 0.121. The van der Waals surface area contributed by atoms with Crippen LogP contribution >= 0.6 is 0 Å². The van der Waals surface area contributed by atoms with Crippen LogP contribution in [0.15, 0.2) is 48.5 Å². The molecule has 4 aromatic rings. The molecule has 2 fully saturated rings. The fraction of sp³-hybridized carbons (Fsp3) is 0.379. The summed E-state index contributed by atoms with van der Waals surface area (Å²) in [7, 11) is 0. The van der Waals surface area contributed by atoms with Gasteiger partial charge in [0.1, 0.15) is 23.7 Å². The van der Waals surface area contributed by atoms with Crippen molar-refractivity contribution < 1.29 is 24.4 Å². The van der Waals surface area contributed by atoms with Crippen LogP contribution in [0.4, 0.5) is 10.2 Å². The summed E-state index contributed by atoms with van der Waals surface area (Å²) in [6.45, 7) is 2.58. The van der Waals surface area contributed by atoms with Gasteiger partial charge in [0.15, 0.2) is 5.82 Å². The Morgan fingerprint density at radius 2 is 1.74 bits per heavy atom. The van der Waals surface area contributed by atoms with Crippen molar-refractivity contribution in [2.75, 3.05) is 37.8 Å². The van der Waals surface area contributed by atoms with Crippen molar-refractivity contribution in [2.24, 2.45) is 5.41 Å². The van der Waals surface area contributed by atoms with E-state index in [2.05, 4.69) is 15.2 Å². The van der Waals surface area contributed by atoms with E-state index in [4.69, 9.17) is 9.72 Å². The first-order chi connectivity index (χ1) is 18.4. The maximum absolute atomic E-state index is 16.4. The predicted molar refractivity (Wildman–Crippen MR) is 144 cm³/mol. The number of ether oxygens (including phenoxy) is 1. The molecule has 0 spiro atoms. The third kappa shape index (κ3) is 4.40. The lowest BCUT2D eigenvalue weighted by Gasteiger charge is -2.34. The molecule has 38 heavy (non-hydrogen) atoms. The molecule has 0 aliphatic carbocycles. The van der Waals surface area contributed by atoms with Gasteiger partial charge in [-0.3, -0.25) is 0 Å². The number of hydrogen-bond acceptors (Lipinski definition) is 8. The number of nitrogens with zero attached hydrogens (tertiary/aromatic N) is 3. The molecule has 9 heteroatoms. The van der Waals surface area contributed by atoms with Crippen molar-refractivity contribution in [1.82, 2.24) is 15.3 Å². The van der Waals surface area contributed by atoms with Crippen molar-refractivity contribution >= 4 is 27.5 Å². The third-order valence-electron chi connectivity index (χ3n) is 7.73. The highest BCUT2D eigenvalue weighted by molar-refractivity contribution is 6.01. The highest BCUT2D eigenvalue weighted by Crippen LogP contribution is 2.39.